The number of carbonyl (C=O) groups is 2. The van der Waals surface area contributed by atoms with Crippen molar-refractivity contribution in [2.24, 2.45) is 17.6 Å². The molecule has 1 aliphatic rings. The molecule has 1 atom stereocenters. The van der Waals surface area contributed by atoms with Gasteiger partial charge in [-0.1, -0.05) is 30.3 Å². The second-order valence-corrected chi connectivity index (χ2v) is 14.2. The topological polar surface area (TPSA) is 179 Å². The van der Waals surface area contributed by atoms with E-state index in [-0.39, 0.29) is 53.1 Å². The SMILES string of the molecule is Cc1cc(S(=O)(=O)NC(C)C)ccc1-c1ccc(C[C@H](NC(=O)[C@H]2CC[C@H](CN)CC2)C(=O)Nc2ccc3c(=O)[nH][nH]c3c2)cc1.Cl. The third-order valence-corrected chi connectivity index (χ3v) is 10.3. The van der Waals surface area contributed by atoms with Gasteiger partial charge in [0.05, 0.1) is 15.8 Å². The molecule has 1 heterocycles. The fraction of sp³-hybridized carbons (Fsp3) is 0.382. The van der Waals surface area contributed by atoms with Crippen LogP contribution in [0.1, 0.15) is 50.7 Å². The van der Waals surface area contributed by atoms with Crippen molar-refractivity contribution in [2.75, 3.05) is 11.9 Å². The lowest BCUT2D eigenvalue weighted by Crippen LogP contribution is -2.48. The van der Waals surface area contributed by atoms with E-state index in [1.165, 1.54) is 0 Å². The van der Waals surface area contributed by atoms with Crippen molar-refractivity contribution >= 4 is 50.8 Å². The van der Waals surface area contributed by atoms with Crippen molar-refractivity contribution in [3.63, 3.8) is 0 Å². The Morgan fingerprint density at radius 2 is 1.66 bits per heavy atom. The summed E-state index contributed by atoms with van der Waals surface area (Å²) in [5.74, 6) is -0.257. The van der Waals surface area contributed by atoms with E-state index < -0.39 is 16.1 Å². The third kappa shape index (κ3) is 8.69. The van der Waals surface area contributed by atoms with Gasteiger partial charge in [-0.3, -0.25) is 24.6 Å². The summed E-state index contributed by atoms with van der Waals surface area (Å²) in [6.07, 6.45) is 3.52. The Balaban J connectivity index is 0.00000500. The van der Waals surface area contributed by atoms with E-state index in [1.54, 1.807) is 50.2 Å². The predicted molar refractivity (Wildman–Crippen MR) is 187 cm³/mol. The van der Waals surface area contributed by atoms with E-state index in [4.69, 9.17) is 5.73 Å². The molecule has 1 saturated carbocycles. The van der Waals surface area contributed by atoms with Crippen LogP contribution in [0.2, 0.25) is 0 Å². The summed E-state index contributed by atoms with van der Waals surface area (Å²) in [6, 6.07) is 16.6. The highest BCUT2D eigenvalue weighted by Crippen LogP contribution is 2.29. The monoisotopic (exact) mass is 682 g/mol. The molecule has 0 aliphatic heterocycles. The Morgan fingerprint density at radius 3 is 2.30 bits per heavy atom. The number of hydrogen-bond donors (Lipinski definition) is 6. The number of amides is 2. The zero-order valence-electron chi connectivity index (χ0n) is 26.8. The standard InChI is InChI=1S/C34H42N6O5S.ClH/c1-20(2)40-46(44,45)27-13-15-28(21(3)16-27)24-8-4-22(5-9-24)17-31(37-32(41)25-10-6-23(19-35)7-11-25)34(43)36-26-12-14-29-30(18-26)38-39-33(29)42;/h4-5,8-9,12-16,18,20,23,25,31,40H,6-7,10-11,17,19,35H2,1-3H3,(H,36,43)(H,37,41)(H2,38,39,42);1H/t23-,25-,31-;/m0./s1. The summed E-state index contributed by atoms with van der Waals surface area (Å²) < 4.78 is 27.9. The molecule has 5 rings (SSSR count). The van der Waals surface area contributed by atoms with E-state index >= 15 is 0 Å². The van der Waals surface area contributed by atoms with Crippen LogP contribution in [-0.2, 0) is 26.0 Å². The smallest absolute Gasteiger partial charge is 0.271 e. The molecule has 11 nitrogen and oxygen atoms in total. The molecule has 1 aliphatic carbocycles. The lowest BCUT2D eigenvalue weighted by molar-refractivity contribution is -0.130. The summed E-state index contributed by atoms with van der Waals surface area (Å²) >= 11 is 0. The maximum atomic E-state index is 13.6. The van der Waals surface area contributed by atoms with Crippen LogP contribution in [0.3, 0.4) is 0 Å². The van der Waals surface area contributed by atoms with Crippen LogP contribution in [0.15, 0.2) is 70.4 Å². The van der Waals surface area contributed by atoms with Gasteiger partial charge in [0.15, 0.2) is 0 Å². The normalized spacial score (nSPS) is 17.2. The number of H-pyrrole nitrogens is 2. The van der Waals surface area contributed by atoms with E-state index in [2.05, 4.69) is 25.6 Å². The van der Waals surface area contributed by atoms with Crippen LogP contribution in [0.5, 0.6) is 0 Å². The number of anilines is 1. The number of carbonyl (C=O) groups excluding carboxylic acids is 2. The van der Waals surface area contributed by atoms with Crippen molar-refractivity contribution in [2.45, 2.75) is 69.9 Å². The van der Waals surface area contributed by atoms with Crippen LogP contribution in [0.4, 0.5) is 5.69 Å². The van der Waals surface area contributed by atoms with E-state index in [0.717, 1.165) is 47.9 Å². The molecular weight excluding hydrogens is 640 g/mol. The van der Waals surface area contributed by atoms with Gasteiger partial charge < -0.3 is 16.4 Å². The van der Waals surface area contributed by atoms with Gasteiger partial charge in [0.1, 0.15) is 6.04 Å². The summed E-state index contributed by atoms with van der Waals surface area (Å²) in [4.78, 5) is 39.1. The zero-order chi connectivity index (χ0) is 33.0. The summed E-state index contributed by atoms with van der Waals surface area (Å²) in [5, 5.41) is 11.7. The number of hydrogen-bond acceptors (Lipinski definition) is 6. The second kappa shape index (κ2) is 15.3. The van der Waals surface area contributed by atoms with Crippen molar-refractivity contribution < 1.29 is 18.0 Å². The van der Waals surface area contributed by atoms with Crippen LogP contribution >= 0.6 is 12.4 Å². The quantitative estimate of drug-likeness (QED) is 0.137. The van der Waals surface area contributed by atoms with Crippen molar-refractivity contribution in [3.8, 4) is 11.1 Å². The van der Waals surface area contributed by atoms with Crippen molar-refractivity contribution in [1.29, 1.82) is 0 Å². The van der Waals surface area contributed by atoms with Crippen molar-refractivity contribution in [1.82, 2.24) is 20.2 Å². The molecule has 3 aromatic carbocycles. The molecular formula is C34H43ClN6O5S. The molecule has 1 fully saturated rings. The lowest BCUT2D eigenvalue weighted by Gasteiger charge is -2.28. The van der Waals surface area contributed by atoms with Gasteiger partial charge in [0.2, 0.25) is 21.8 Å². The molecule has 13 heteroatoms. The number of halogens is 1. The lowest BCUT2D eigenvalue weighted by atomic mass is 9.81. The molecule has 0 bridgehead atoms. The number of sulfonamides is 1. The molecule has 252 valence electrons. The minimum absolute atomic E-state index is 0. The number of aromatic nitrogens is 2. The number of benzene rings is 3. The average molecular weight is 683 g/mol. The molecule has 0 saturated heterocycles. The summed E-state index contributed by atoms with van der Waals surface area (Å²) in [5.41, 5.74) is 10.1. The molecule has 0 radical (unpaired) electrons. The minimum Gasteiger partial charge on any atom is -0.344 e. The van der Waals surface area contributed by atoms with Gasteiger partial charge in [-0.2, -0.15) is 0 Å². The second-order valence-electron chi connectivity index (χ2n) is 12.5. The van der Waals surface area contributed by atoms with Gasteiger partial charge in [0.25, 0.3) is 5.56 Å². The Bertz CT molecular complexity index is 1880. The van der Waals surface area contributed by atoms with Gasteiger partial charge in [-0.25, -0.2) is 13.1 Å². The average Bonchev–Trinajstić information content (AvgIpc) is 3.40. The third-order valence-electron chi connectivity index (χ3n) is 8.63. The highest BCUT2D eigenvalue weighted by atomic mass is 35.5. The molecule has 2 amide bonds. The van der Waals surface area contributed by atoms with Crippen molar-refractivity contribution in [3.05, 3.63) is 82.1 Å². The minimum atomic E-state index is -3.61. The maximum absolute atomic E-state index is 13.6. The Kier molecular flexibility index (Phi) is 11.7. The van der Waals surface area contributed by atoms with Gasteiger partial charge in [-0.05, 0) is 112 Å². The summed E-state index contributed by atoms with van der Waals surface area (Å²) in [6.45, 7) is 6.04. The Hall–Kier alpha value is -3.97. The number of aromatic amines is 2. The molecule has 1 aromatic heterocycles. The van der Waals surface area contributed by atoms with Crippen LogP contribution < -0.4 is 26.6 Å². The number of aryl methyl sites for hydroxylation is 1. The Labute approximate surface area is 280 Å². The van der Waals surface area contributed by atoms with E-state index in [9.17, 15) is 22.8 Å². The Morgan fingerprint density at radius 1 is 0.957 bits per heavy atom. The number of fused-ring (bicyclic) bond motifs is 1. The fourth-order valence-electron chi connectivity index (χ4n) is 6.07. The first-order valence-electron chi connectivity index (χ1n) is 15.7. The van der Waals surface area contributed by atoms with Crippen LogP contribution in [-0.4, -0.2) is 49.1 Å². The molecule has 0 spiro atoms. The van der Waals surface area contributed by atoms with E-state index in [0.29, 0.717) is 29.1 Å². The first-order chi connectivity index (χ1) is 21.9. The highest BCUT2D eigenvalue weighted by molar-refractivity contribution is 7.89. The van der Waals surface area contributed by atoms with Crippen LogP contribution in [0, 0.1) is 18.8 Å². The molecule has 0 unspecified atom stereocenters. The first-order valence-corrected chi connectivity index (χ1v) is 17.2. The highest BCUT2D eigenvalue weighted by Gasteiger charge is 2.29. The molecule has 4 aromatic rings. The van der Waals surface area contributed by atoms with Gasteiger partial charge in [0, 0.05) is 24.1 Å². The summed E-state index contributed by atoms with van der Waals surface area (Å²) in [7, 11) is -3.61. The fourth-order valence-corrected chi connectivity index (χ4v) is 7.40. The van der Waals surface area contributed by atoms with Gasteiger partial charge in [-0.15, -0.1) is 12.4 Å². The zero-order valence-corrected chi connectivity index (χ0v) is 28.4. The number of nitrogens with one attached hydrogen (secondary N) is 5. The predicted octanol–water partition coefficient (Wildman–Crippen LogP) is 4.37. The van der Waals surface area contributed by atoms with Crippen LogP contribution in [0.25, 0.3) is 22.0 Å². The molecule has 7 N–H and O–H groups in total. The van der Waals surface area contributed by atoms with E-state index in [1.807, 2.05) is 31.2 Å². The number of nitrogens with two attached hydrogens (primary N) is 1. The van der Waals surface area contributed by atoms with Gasteiger partial charge >= 0.3 is 0 Å². The maximum Gasteiger partial charge on any atom is 0.271 e. The first kappa shape index (κ1) is 35.9. The molecule has 47 heavy (non-hydrogen) atoms. The largest absolute Gasteiger partial charge is 0.344 e. The number of rotatable bonds is 11.